The molecule has 0 spiro atoms. The van der Waals surface area contributed by atoms with Crippen LogP contribution in [-0.4, -0.2) is 14.4 Å². The lowest BCUT2D eigenvalue weighted by Gasteiger charge is -2.32. The van der Waals surface area contributed by atoms with E-state index in [1.165, 1.54) is 15.6 Å². The van der Waals surface area contributed by atoms with Crippen LogP contribution < -0.4 is 15.6 Å². The maximum absolute atomic E-state index is 6.29. The molecule has 2 nitrogen and oxygen atoms in total. The van der Waals surface area contributed by atoms with E-state index in [1.807, 2.05) is 32.0 Å². The first-order valence-corrected chi connectivity index (χ1v) is 10.2. The van der Waals surface area contributed by atoms with Crippen LogP contribution in [0.2, 0.25) is 0 Å². The number of rotatable bonds is 6. The standard InChI is InChI=1S/C21H22O2Si/c1-18(2)22-23-24(19-12-6-3-7-13-19,20-14-8-4-9-15-20)21-16-10-5-11-17-21/h3-18H,1-2H3. The second kappa shape index (κ2) is 7.58. The lowest BCUT2D eigenvalue weighted by molar-refractivity contribution is -0.241. The molecule has 0 unspecified atom stereocenters. The molecule has 24 heavy (non-hydrogen) atoms. The highest BCUT2D eigenvalue weighted by atomic mass is 28.4. The summed E-state index contributed by atoms with van der Waals surface area (Å²) >= 11 is 0. The van der Waals surface area contributed by atoms with Crippen molar-refractivity contribution in [3.63, 3.8) is 0 Å². The predicted octanol–water partition coefficient (Wildman–Crippen LogP) is 3.01. The van der Waals surface area contributed by atoms with Gasteiger partial charge in [-0.25, -0.2) is 4.89 Å². The molecule has 0 bridgehead atoms. The van der Waals surface area contributed by atoms with Gasteiger partial charge in [-0.05, 0) is 29.4 Å². The molecule has 0 saturated heterocycles. The maximum atomic E-state index is 6.29. The molecular weight excluding hydrogens is 312 g/mol. The third kappa shape index (κ3) is 3.34. The molecule has 3 heteroatoms. The fraction of sp³-hybridized carbons (Fsp3) is 0.143. The number of hydrogen-bond donors (Lipinski definition) is 0. The molecule has 0 radical (unpaired) electrons. The molecule has 0 atom stereocenters. The average molecular weight is 334 g/mol. The highest BCUT2D eigenvalue weighted by Crippen LogP contribution is 2.11. The average Bonchev–Trinajstić information content (AvgIpc) is 2.65. The third-order valence-electron chi connectivity index (χ3n) is 3.91. The van der Waals surface area contributed by atoms with Crippen LogP contribution in [0.3, 0.4) is 0 Å². The van der Waals surface area contributed by atoms with Gasteiger partial charge in [-0.2, -0.15) is 0 Å². The zero-order valence-electron chi connectivity index (χ0n) is 14.1. The van der Waals surface area contributed by atoms with E-state index in [0.717, 1.165) is 0 Å². The third-order valence-corrected chi connectivity index (χ3v) is 7.69. The molecule has 0 fully saturated rings. The Balaban J connectivity index is 2.24. The quantitative estimate of drug-likeness (QED) is 0.299. The van der Waals surface area contributed by atoms with Gasteiger partial charge in [0.2, 0.25) is 0 Å². The zero-order valence-corrected chi connectivity index (χ0v) is 15.1. The Labute approximate surface area is 144 Å². The second-order valence-corrected chi connectivity index (χ2v) is 9.27. The Hall–Kier alpha value is -2.20. The largest absolute Gasteiger partial charge is 0.331 e. The van der Waals surface area contributed by atoms with Crippen molar-refractivity contribution >= 4 is 23.9 Å². The van der Waals surface area contributed by atoms with E-state index in [-0.39, 0.29) is 6.10 Å². The van der Waals surface area contributed by atoms with Gasteiger partial charge in [0.1, 0.15) is 0 Å². The second-order valence-electron chi connectivity index (χ2n) is 6.01. The zero-order chi connectivity index (χ0) is 16.8. The fourth-order valence-corrected chi connectivity index (χ4v) is 6.44. The summed E-state index contributed by atoms with van der Waals surface area (Å²) in [7, 11) is -2.71. The molecule has 0 aliphatic rings. The molecule has 3 aromatic rings. The summed E-state index contributed by atoms with van der Waals surface area (Å²) in [4.78, 5) is 5.73. The molecule has 3 rings (SSSR count). The van der Waals surface area contributed by atoms with E-state index in [1.54, 1.807) is 0 Å². The highest BCUT2D eigenvalue weighted by molar-refractivity contribution is 7.07. The molecule has 0 aromatic heterocycles. The minimum absolute atomic E-state index is 0.00647. The van der Waals surface area contributed by atoms with E-state index in [0.29, 0.717) is 0 Å². The summed E-state index contributed by atoms with van der Waals surface area (Å²) in [5.41, 5.74) is 0. The summed E-state index contributed by atoms with van der Waals surface area (Å²) in [6.07, 6.45) is -0.00647. The van der Waals surface area contributed by atoms with Crippen molar-refractivity contribution in [2.24, 2.45) is 0 Å². The Morgan fingerprint density at radius 3 is 1.21 bits per heavy atom. The van der Waals surface area contributed by atoms with E-state index in [2.05, 4.69) is 72.8 Å². The van der Waals surface area contributed by atoms with Gasteiger partial charge in [-0.1, -0.05) is 91.0 Å². The monoisotopic (exact) mass is 334 g/mol. The van der Waals surface area contributed by atoms with Gasteiger partial charge in [-0.15, -0.1) is 0 Å². The normalized spacial score (nSPS) is 11.6. The van der Waals surface area contributed by atoms with Crippen LogP contribution in [0.25, 0.3) is 0 Å². The fourth-order valence-electron chi connectivity index (χ4n) is 2.83. The Bertz CT molecular complexity index is 646. The lowest BCUT2D eigenvalue weighted by Crippen LogP contribution is -2.69. The van der Waals surface area contributed by atoms with Gasteiger partial charge in [0.05, 0.1) is 6.10 Å². The summed E-state index contributed by atoms with van der Waals surface area (Å²) < 4.78 is 6.29. The summed E-state index contributed by atoms with van der Waals surface area (Å²) in [5.74, 6) is 0. The topological polar surface area (TPSA) is 18.5 Å². The highest BCUT2D eigenvalue weighted by Gasteiger charge is 2.44. The number of benzene rings is 3. The number of hydrogen-bond acceptors (Lipinski definition) is 2. The first-order valence-electron chi connectivity index (χ1n) is 8.24. The molecule has 3 aromatic carbocycles. The van der Waals surface area contributed by atoms with E-state index >= 15 is 0 Å². The van der Waals surface area contributed by atoms with Crippen molar-refractivity contribution in [1.29, 1.82) is 0 Å². The Morgan fingerprint density at radius 1 is 0.583 bits per heavy atom. The van der Waals surface area contributed by atoms with E-state index in [4.69, 9.17) is 9.46 Å². The molecule has 0 heterocycles. The van der Waals surface area contributed by atoms with Crippen molar-refractivity contribution in [3.05, 3.63) is 91.0 Å². The molecule has 0 aliphatic heterocycles. The van der Waals surface area contributed by atoms with Gasteiger partial charge >= 0.3 is 8.32 Å². The van der Waals surface area contributed by atoms with Gasteiger partial charge in [0, 0.05) is 0 Å². The molecule has 0 amide bonds. The van der Waals surface area contributed by atoms with E-state index in [9.17, 15) is 0 Å². The molecule has 0 N–H and O–H groups in total. The van der Waals surface area contributed by atoms with Gasteiger partial charge < -0.3 is 0 Å². The first-order chi connectivity index (χ1) is 11.7. The van der Waals surface area contributed by atoms with Crippen LogP contribution in [-0.2, 0) is 9.46 Å². The van der Waals surface area contributed by atoms with Crippen LogP contribution in [0.5, 0.6) is 0 Å². The van der Waals surface area contributed by atoms with Crippen LogP contribution in [0.1, 0.15) is 13.8 Å². The smallest absolute Gasteiger partial charge is 0.269 e. The van der Waals surface area contributed by atoms with Crippen molar-refractivity contribution in [1.82, 2.24) is 0 Å². The van der Waals surface area contributed by atoms with Crippen LogP contribution in [0.4, 0.5) is 0 Å². The maximum Gasteiger partial charge on any atom is 0.331 e. The van der Waals surface area contributed by atoms with Crippen molar-refractivity contribution in [3.8, 4) is 0 Å². The van der Waals surface area contributed by atoms with Crippen molar-refractivity contribution in [2.75, 3.05) is 0 Å². The van der Waals surface area contributed by atoms with Crippen LogP contribution >= 0.6 is 0 Å². The Morgan fingerprint density at radius 2 is 0.917 bits per heavy atom. The van der Waals surface area contributed by atoms with Crippen molar-refractivity contribution in [2.45, 2.75) is 20.0 Å². The molecule has 0 aliphatic carbocycles. The minimum atomic E-state index is -2.71. The van der Waals surface area contributed by atoms with Crippen LogP contribution in [0, 0.1) is 0 Å². The van der Waals surface area contributed by atoms with Crippen molar-refractivity contribution < 1.29 is 9.46 Å². The molecule has 122 valence electrons. The summed E-state index contributed by atoms with van der Waals surface area (Å²) in [6.45, 7) is 3.97. The Kier molecular flexibility index (Phi) is 5.26. The van der Waals surface area contributed by atoms with Gasteiger partial charge in [-0.3, -0.25) is 4.58 Å². The van der Waals surface area contributed by atoms with E-state index < -0.39 is 8.32 Å². The van der Waals surface area contributed by atoms with Gasteiger partial charge in [0.15, 0.2) is 0 Å². The predicted molar refractivity (Wildman–Crippen MR) is 101 cm³/mol. The first kappa shape index (κ1) is 16.6. The lowest BCUT2D eigenvalue weighted by atomic mass is 10.3. The summed E-state index contributed by atoms with van der Waals surface area (Å²) in [6, 6.07) is 31.2. The summed E-state index contributed by atoms with van der Waals surface area (Å²) in [5, 5.41) is 3.51. The van der Waals surface area contributed by atoms with Crippen LogP contribution in [0.15, 0.2) is 91.0 Å². The minimum Gasteiger partial charge on any atom is -0.269 e. The SMILES string of the molecule is CC(C)OO[Si](c1ccccc1)(c1ccccc1)c1ccccc1. The molecular formula is C21H22O2Si. The molecule has 0 saturated carbocycles. The van der Waals surface area contributed by atoms with Gasteiger partial charge in [0.25, 0.3) is 0 Å².